The van der Waals surface area contributed by atoms with Crippen molar-refractivity contribution in [2.75, 3.05) is 6.61 Å². The van der Waals surface area contributed by atoms with Gasteiger partial charge in [0.05, 0.1) is 12.2 Å². The fourth-order valence-electron chi connectivity index (χ4n) is 2.19. The SMILES string of the molecule is C/C=C/C(=O)C[C@H]1CC[C@@H](C)[C@@H](CCO)O1. The lowest BCUT2D eigenvalue weighted by atomic mass is 9.90. The number of carbonyl (C=O) groups excluding carboxylic acids is 1. The number of ketones is 1. The van der Waals surface area contributed by atoms with Gasteiger partial charge in [0.25, 0.3) is 0 Å². The monoisotopic (exact) mass is 226 g/mol. The van der Waals surface area contributed by atoms with Crippen LogP contribution in [0.1, 0.15) is 39.5 Å². The Hall–Kier alpha value is -0.670. The second-order valence-electron chi connectivity index (χ2n) is 4.53. The maximum absolute atomic E-state index is 11.4. The average Bonchev–Trinajstić information content (AvgIpc) is 2.24. The van der Waals surface area contributed by atoms with E-state index in [0.29, 0.717) is 18.8 Å². The molecule has 3 heteroatoms. The standard InChI is InChI=1S/C13H22O3/c1-3-4-11(15)9-12-6-5-10(2)13(16-12)7-8-14/h3-4,10,12-14H,5-9H2,1-2H3/b4-3+/t10-,12-,13-/m1/s1. The molecule has 0 saturated carbocycles. The van der Waals surface area contributed by atoms with Gasteiger partial charge in [0, 0.05) is 13.0 Å². The van der Waals surface area contributed by atoms with Gasteiger partial charge < -0.3 is 9.84 Å². The topological polar surface area (TPSA) is 46.5 Å². The normalized spacial score (nSPS) is 30.8. The Morgan fingerprint density at radius 1 is 1.50 bits per heavy atom. The van der Waals surface area contributed by atoms with E-state index in [9.17, 15) is 4.79 Å². The zero-order valence-corrected chi connectivity index (χ0v) is 10.2. The summed E-state index contributed by atoms with van der Waals surface area (Å²) < 4.78 is 5.84. The quantitative estimate of drug-likeness (QED) is 0.730. The number of ether oxygens (including phenoxy) is 1. The van der Waals surface area contributed by atoms with Gasteiger partial charge in [0.1, 0.15) is 0 Å². The van der Waals surface area contributed by atoms with E-state index in [2.05, 4.69) is 6.92 Å². The lowest BCUT2D eigenvalue weighted by Crippen LogP contribution is -2.35. The molecule has 3 atom stereocenters. The molecule has 1 fully saturated rings. The van der Waals surface area contributed by atoms with E-state index in [1.165, 1.54) is 0 Å². The molecule has 0 amide bonds. The zero-order chi connectivity index (χ0) is 12.0. The molecule has 1 heterocycles. The molecule has 0 radical (unpaired) electrons. The first-order chi connectivity index (χ1) is 7.67. The van der Waals surface area contributed by atoms with Crippen LogP contribution in [0.5, 0.6) is 0 Å². The van der Waals surface area contributed by atoms with Gasteiger partial charge in [-0.25, -0.2) is 0 Å². The highest BCUT2D eigenvalue weighted by Gasteiger charge is 2.28. The number of hydrogen-bond acceptors (Lipinski definition) is 3. The van der Waals surface area contributed by atoms with Crippen molar-refractivity contribution in [2.24, 2.45) is 5.92 Å². The summed E-state index contributed by atoms with van der Waals surface area (Å²) in [6, 6.07) is 0. The molecular weight excluding hydrogens is 204 g/mol. The molecule has 1 aliphatic heterocycles. The van der Waals surface area contributed by atoms with Crippen LogP contribution in [-0.2, 0) is 9.53 Å². The van der Waals surface area contributed by atoms with E-state index < -0.39 is 0 Å². The molecular formula is C13H22O3. The Morgan fingerprint density at radius 2 is 2.25 bits per heavy atom. The minimum Gasteiger partial charge on any atom is -0.396 e. The summed E-state index contributed by atoms with van der Waals surface area (Å²) in [7, 11) is 0. The van der Waals surface area contributed by atoms with Crippen molar-refractivity contribution in [3.63, 3.8) is 0 Å². The average molecular weight is 226 g/mol. The summed E-state index contributed by atoms with van der Waals surface area (Å²) >= 11 is 0. The van der Waals surface area contributed by atoms with Crippen molar-refractivity contribution in [2.45, 2.75) is 51.7 Å². The summed E-state index contributed by atoms with van der Waals surface area (Å²) in [5, 5.41) is 8.93. The molecule has 0 spiro atoms. The van der Waals surface area contributed by atoms with Crippen molar-refractivity contribution in [1.82, 2.24) is 0 Å². The summed E-state index contributed by atoms with van der Waals surface area (Å²) in [6.45, 7) is 4.14. The number of carbonyl (C=O) groups is 1. The fraction of sp³-hybridized carbons (Fsp3) is 0.769. The smallest absolute Gasteiger partial charge is 0.157 e. The molecule has 1 aliphatic rings. The molecule has 1 N–H and O–H groups in total. The van der Waals surface area contributed by atoms with Gasteiger partial charge in [-0.1, -0.05) is 13.0 Å². The number of aliphatic hydroxyl groups excluding tert-OH is 1. The molecule has 0 aromatic heterocycles. The first kappa shape index (κ1) is 13.4. The second kappa shape index (κ2) is 6.81. The third kappa shape index (κ3) is 4.06. The van der Waals surface area contributed by atoms with Crippen LogP contribution >= 0.6 is 0 Å². The van der Waals surface area contributed by atoms with Crippen molar-refractivity contribution < 1.29 is 14.6 Å². The van der Waals surface area contributed by atoms with Crippen LogP contribution in [-0.4, -0.2) is 29.7 Å². The molecule has 0 unspecified atom stereocenters. The van der Waals surface area contributed by atoms with Crippen LogP contribution in [0.4, 0.5) is 0 Å². The maximum Gasteiger partial charge on any atom is 0.157 e. The summed E-state index contributed by atoms with van der Waals surface area (Å²) in [4.78, 5) is 11.4. The van der Waals surface area contributed by atoms with Gasteiger partial charge in [-0.2, -0.15) is 0 Å². The van der Waals surface area contributed by atoms with Crippen molar-refractivity contribution >= 4 is 5.78 Å². The van der Waals surface area contributed by atoms with Crippen molar-refractivity contribution in [3.8, 4) is 0 Å². The Morgan fingerprint density at radius 3 is 2.88 bits per heavy atom. The minimum absolute atomic E-state index is 0.0384. The van der Waals surface area contributed by atoms with Crippen LogP contribution in [0, 0.1) is 5.92 Å². The minimum atomic E-state index is 0.0384. The van der Waals surface area contributed by atoms with Crippen molar-refractivity contribution in [1.29, 1.82) is 0 Å². The van der Waals surface area contributed by atoms with Crippen LogP contribution in [0.2, 0.25) is 0 Å². The predicted octanol–water partition coefficient (Wildman–Crippen LogP) is 2.09. The van der Waals surface area contributed by atoms with Crippen LogP contribution < -0.4 is 0 Å². The first-order valence-electron chi connectivity index (χ1n) is 6.09. The number of aliphatic hydroxyl groups is 1. The van der Waals surface area contributed by atoms with E-state index in [1.807, 2.05) is 6.92 Å². The molecule has 0 aliphatic carbocycles. The van der Waals surface area contributed by atoms with Crippen molar-refractivity contribution in [3.05, 3.63) is 12.2 Å². The maximum atomic E-state index is 11.4. The molecule has 3 nitrogen and oxygen atoms in total. The second-order valence-corrected chi connectivity index (χ2v) is 4.53. The highest BCUT2D eigenvalue weighted by Crippen LogP contribution is 2.28. The first-order valence-corrected chi connectivity index (χ1v) is 6.09. The Balaban J connectivity index is 2.42. The number of rotatable bonds is 5. The van der Waals surface area contributed by atoms with Gasteiger partial charge in [0.2, 0.25) is 0 Å². The molecule has 0 aromatic carbocycles. The Kier molecular flexibility index (Phi) is 5.71. The third-order valence-electron chi connectivity index (χ3n) is 3.14. The predicted molar refractivity (Wildman–Crippen MR) is 63.2 cm³/mol. The van der Waals surface area contributed by atoms with Gasteiger partial charge in [0.15, 0.2) is 5.78 Å². The lowest BCUT2D eigenvalue weighted by molar-refractivity contribution is -0.124. The fourth-order valence-corrected chi connectivity index (χ4v) is 2.19. The lowest BCUT2D eigenvalue weighted by Gasteiger charge is -2.34. The Labute approximate surface area is 97.5 Å². The molecule has 1 rings (SSSR count). The molecule has 1 saturated heterocycles. The molecule has 92 valence electrons. The number of allylic oxidation sites excluding steroid dienone is 2. The molecule has 0 aromatic rings. The van der Waals surface area contributed by atoms with E-state index in [-0.39, 0.29) is 24.6 Å². The summed E-state index contributed by atoms with van der Waals surface area (Å²) in [5.41, 5.74) is 0. The third-order valence-corrected chi connectivity index (χ3v) is 3.14. The van der Waals surface area contributed by atoms with E-state index >= 15 is 0 Å². The van der Waals surface area contributed by atoms with Crippen LogP contribution in [0.3, 0.4) is 0 Å². The summed E-state index contributed by atoms with van der Waals surface area (Å²) in [5.74, 6) is 0.616. The number of hydrogen-bond donors (Lipinski definition) is 1. The highest BCUT2D eigenvalue weighted by atomic mass is 16.5. The van der Waals surface area contributed by atoms with Gasteiger partial charge in [-0.05, 0) is 38.2 Å². The van der Waals surface area contributed by atoms with E-state index in [0.717, 1.165) is 12.8 Å². The van der Waals surface area contributed by atoms with E-state index in [4.69, 9.17) is 9.84 Å². The summed E-state index contributed by atoms with van der Waals surface area (Å²) in [6.07, 6.45) is 6.69. The molecule has 16 heavy (non-hydrogen) atoms. The highest BCUT2D eigenvalue weighted by molar-refractivity contribution is 5.89. The van der Waals surface area contributed by atoms with Crippen LogP contribution in [0.25, 0.3) is 0 Å². The molecule has 0 bridgehead atoms. The van der Waals surface area contributed by atoms with Gasteiger partial charge in [-0.3, -0.25) is 4.79 Å². The van der Waals surface area contributed by atoms with Gasteiger partial charge >= 0.3 is 0 Å². The van der Waals surface area contributed by atoms with Gasteiger partial charge in [-0.15, -0.1) is 0 Å². The largest absolute Gasteiger partial charge is 0.396 e. The Bertz CT molecular complexity index is 248. The van der Waals surface area contributed by atoms with Crippen LogP contribution in [0.15, 0.2) is 12.2 Å². The zero-order valence-electron chi connectivity index (χ0n) is 10.2. The van der Waals surface area contributed by atoms with E-state index in [1.54, 1.807) is 12.2 Å².